The molecule has 4 nitrogen and oxygen atoms in total. The molecule has 1 aromatic carbocycles. The van der Waals surface area contributed by atoms with E-state index >= 15 is 0 Å². The van der Waals surface area contributed by atoms with E-state index in [1.54, 1.807) is 0 Å². The monoisotopic (exact) mass is 312 g/mol. The van der Waals surface area contributed by atoms with Crippen molar-refractivity contribution in [2.24, 2.45) is 11.1 Å². The van der Waals surface area contributed by atoms with Gasteiger partial charge in [-0.05, 0) is 43.0 Å². The van der Waals surface area contributed by atoms with Crippen molar-refractivity contribution in [2.45, 2.75) is 26.7 Å². The molecule has 1 heterocycles. The van der Waals surface area contributed by atoms with E-state index in [1.807, 2.05) is 36.1 Å². The maximum Gasteiger partial charge on any atom is 0.227 e. The molecule has 1 amide bonds. The summed E-state index contributed by atoms with van der Waals surface area (Å²) in [4.78, 5) is 14.2. The highest BCUT2D eigenvalue weighted by Gasteiger charge is 2.34. The van der Waals surface area contributed by atoms with E-state index in [0.717, 1.165) is 30.8 Å². The minimum atomic E-state index is 0. The van der Waals surface area contributed by atoms with Crippen LogP contribution in [0.4, 0.5) is 0 Å². The second kappa shape index (κ2) is 7.66. The zero-order valence-electron chi connectivity index (χ0n) is 12.8. The van der Waals surface area contributed by atoms with Crippen LogP contribution in [0, 0.1) is 5.41 Å². The molecule has 0 radical (unpaired) electrons. The van der Waals surface area contributed by atoms with Crippen molar-refractivity contribution >= 4 is 18.3 Å². The summed E-state index contributed by atoms with van der Waals surface area (Å²) in [6.45, 7) is 7.00. The fourth-order valence-electron chi connectivity index (χ4n) is 2.56. The number of carbonyl (C=O) groups is 1. The normalized spacial score (nSPS) is 21.0. The summed E-state index contributed by atoms with van der Waals surface area (Å²) in [6, 6.07) is 7.75. The summed E-state index contributed by atoms with van der Waals surface area (Å²) in [6.07, 6.45) is 1.45. The molecule has 2 N–H and O–H groups in total. The number of ether oxygens (including phenoxy) is 1. The van der Waals surface area contributed by atoms with Crippen molar-refractivity contribution < 1.29 is 9.53 Å². The van der Waals surface area contributed by atoms with E-state index in [9.17, 15) is 4.79 Å². The maximum atomic E-state index is 12.3. The van der Waals surface area contributed by atoms with Gasteiger partial charge in [-0.25, -0.2) is 0 Å². The second-order valence-corrected chi connectivity index (χ2v) is 5.83. The topological polar surface area (TPSA) is 55.6 Å². The van der Waals surface area contributed by atoms with Gasteiger partial charge in [-0.15, -0.1) is 12.4 Å². The van der Waals surface area contributed by atoms with E-state index in [-0.39, 0.29) is 23.7 Å². The van der Waals surface area contributed by atoms with Gasteiger partial charge in [0.2, 0.25) is 5.91 Å². The molecule has 0 bridgehead atoms. The fourth-order valence-corrected chi connectivity index (χ4v) is 2.56. The van der Waals surface area contributed by atoms with E-state index in [0.29, 0.717) is 19.6 Å². The lowest BCUT2D eigenvalue weighted by Crippen LogP contribution is -2.35. The first-order valence-electron chi connectivity index (χ1n) is 7.26. The zero-order valence-corrected chi connectivity index (χ0v) is 13.6. The Balaban J connectivity index is 0.00000220. The molecule has 5 heteroatoms. The predicted octanol–water partition coefficient (Wildman–Crippen LogP) is 2.25. The van der Waals surface area contributed by atoms with Crippen molar-refractivity contribution in [3.8, 4) is 5.75 Å². The van der Waals surface area contributed by atoms with Gasteiger partial charge >= 0.3 is 0 Å². The van der Waals surface area contributed by atoms with Crippen LogP contribution in [0.25, 0.3) is 0 Å². The number of halogens is 1. The van der Waals surface area contributed by atoms with E-state index < -0.39 is 0 Å². The third kappa shape index (κ3) is 4.61. The Bertz CT molecular complexity index is 464. The van der Waals surface area contributed by atoms with Crippen molar-refractivity contribution in [3.63, 3.8) is 0 Å². The highest BCUT2D eigenvalue weighted by Crippen LogP contribution is 2.28. The number of carbonyl (C=O) groups excluding carboxylic acids is 1. The van der Waals surface area contributed by atoms with Crippen LogP contribution in [0.3, 0.4) is 0 Å². The largest absolute Gasteiger partial charge is 0.494 e. The first-order chi connectivity index (χ1) is 9.56. The average Bonchev–Trinajstić information content (AvgIpc) is 2.85. The number of hydrogen-bond donors (Lipinski definition) is 1. The lowest BCUT2D eigenvalue weighted by atomic mass is 9.90. The third-order valence-electron chi connectivity index (χ3n) is 3.99. The van der Waals surface area contributed by atoms with Crippen LogP contribution in [0.1, 0.15) is 25.8 Å². The SMILES string of the molecule is CCOc1ccc(CC(=O)N2CCC(C)(CN)C2)cc1.Cl. The van der Waals surface area contributed by atoms with E-state index in [4.69, 9.17) is 10.5 Å². The van der Waals surface area contributed by atoms with E-state index in [2.05, 4.69) is 6.92 Å². The maximum absolute atomic E-state index is 12.3. The van der Waals surface area contributed by atoms with Crippen LogP contribution in [-0.2, 0) is 11.2 Å². The summed E-state index contributed by atoms with van der Waals surface area (Å²) >= 11 is 0. The van der Waals surface area contributed by atoms with Gasteiger partial charge in [-0.3, -0.25) is 4.79 Å². The number of benzene rings is 1. The van der Waals surface area contributed by atoms with Crippen molar-refractivity contribution in [1.82, 2.24) is 4.90 Å². The molecule has 2 rings (SSSR count). The van der Waals surface area contributed by atoms with E-state index in [1.165, 1.54) is 0 Å². The van der Waals surface area contributed by atoms with Gasteiger partial charge in [0.05, 0.1) is 13.0 Å². The van der Waals surface area contributed by atoms with Gasteiger partial charge in [0.15, 0.2) is 0 Å². The van der Waals surface area contributed by atoms with Gasteiger partial charge in [0.1, 0.15) is 5.75 Å². The van der Waals surface area contributed by atoms with Crippen LogP contribution in [0.2, 0.25) is 0 Å². The van der Waals surface area contributed by atoms with Gasteiger partial charge in [-0.1, -0.05) is 19.1 Å². The number of nitrogens with two attached hydrogens (primary N) is 1. The first kappa shape index (κ1) is 17.8. The molecule has 21 heavy (non-hydrogen) atoms. The molecule has 118 valence electrons. The number of amides is 1. The average molecular weight is 313 g/mol. The Morgan fingerprint density at radius 1 is 1.38 bits per heavy atom. The molecule has 1 aliphatic rings. The van der Waals surface area contributed by atoms with Crippen LogP contribution < -0.4 is 10.5 Å². The fraction of sp³-hybridized carbons (Fsp3) is 0.562. The molecule has 1 aromatic rings. The summed E-state index contributed by atoms with van der Waals surface area (Å²) in [7, 11) is 0. The molecule has 1 atom stereocenters. The minimum Gasteiger partial charge on any atom is -0.494 e. The summed E-state index contributed by atoms with van der Waals surface area (Å²) in [5.41, 5.74) is 6.90. The van der Waals surface area contributed by atoms with Crippen molar-refractivity contribution in [1.29, 1.82) is 0 Å². The van der Waals surface area contributed by atoms with Gasteiger partial charge < -0.3 is 15.4 Å². The van der Waals surface area contributed by atoms with Gasteiger partial charge in [0.25, 0.3) is 0 Å². The summed E-state index contributed by atoms with van der Waals surface area (Å²) in [5.74, 6) is 1.03. The Labute approximate surface area is 133 Å². The Hall–Kier alpha value is -1.26. The molecule has 1 fully saturated rings. The quantitative estimate of drug-likeness (QED) is 0.907. The number of hydrogen-bond acceptors (Lipinski definition) is 3. The molecule has 0 aliphatic carbocycles. The van der Waals surface area contributed by atoms with Gasteiger partial charge in [0, 0.05) is 13.1 Å². The zero-order chi connectivity index (χ0) is 14.6. The van der Waals surface area contributed by atoms with Crippen LogP contribution in [0.15, 0.2) is 24.3 Å². The molecule has 1 saturated heterocycles. The smallest absolute Gasteiger partial charge is 0.227 e. The molecule has 0 aromatic heterocycles. The number of likely N-dealkylation sites (tertiary alicyclic amines) is 1. The first-order valence-corrected chi connectivity index (χ1v) is 7.26. The Morgan fingerprint density at radius 2 is 2.05 bits per heavy atom. The Kier molecular flexibility index (Phi) is 6.49. The molecular weight excluding hydrogens is 288 g/mol. The summed E-state index contributed by atoms with van der Waals surface area (Å²) < 4.78 is 5.40. The van der Waals surface area contributed by atoms with Gasteiger partial charge in [-0.2, -0.15) is 0 Å². The third-order valence-corrected chi connectivity index (χ3v) is 3.99. The second-order valence-electron chi connectivity index (χ2n) is 5.83. The van der Waals surface area contributed by atoms with Crippen molar-refractivity contribution in [2.75, 3.05) is 26.2 Å². The lowest BCUT2D eigenvalue weighted by molar-refractivity contribution is -0.129. The highest BCUT2D eigenvalue weighted by atomic mass is 35.5. The predicted molar refractivity (Wildman–Crippen MR) is 86.9 cm³/mol. The highest BCUT2D eigenvalue weighted by molar-refractivity contribution is 5.85. The number of rotatable bonds is 5. The molecule has 0 spiro atoms. The lowest BCUT2D eigenvalue weighted by Gasteiger charge is -2.22. The Morgan fingerprint density at radius 3 is 2.57 bits per heavy atom. The molecule has 1 aliphatic heterocycles. The molecule has 1 unspecified atom stereocenters. The molecule has 0 saturated carbocycles. The number of nitrogens with zero attached hydrogens (tertiary/aromatic N) is 1. The van der Waals surface area contributed by atoms with Crippen molar-refractivity contribution in [3.05, 3.63) is 29.8 Å². The minimum absolute atomic E-state index is 0. The van der Waals surface area contributed by atoms with Crippen LogP contribution in [-0.4, -0.2) is 37.0 Å². The summed E-state index contributed by atoms with van der Waals surface area (Å²) in [5, 5.41) is 0. The van der Waals surface area contributed by atoms with Crippen LogP contribution >= 0.6 is 12.4 Å². The van der Waals surface area contributed by atoms with Crippen LogP contribution in [0.5, 0.6) is 5.75 Å². The molecular formula is C16H25ClN2O2. The standard InChI is InChI=1S/C16H24N2O2.ClH/c1-3-20-14-6-4-13(5-7-14)10-15(19)18-9-8-16(2,11-17)12-18;/h4-7H,3,8-12,17H2,1-2H3;1H.